The highest BCUT2D eigenvalue weighted by Gasteiger charge is 2.41. The van der Waals surface area contributed by atoms with Crippen LogP contribution in [0.3, 0.4) is 0 Å². The molecule has 1 aromatic rings. The van der Waals surface area contributed by atoms with Gasteiger partial charge in [0.25, 0.3) is 0 Å². The maximum absolute atomic E-state index is 14.1. The summed E-state index contributed by atoms with van der Waals surface area (Å²) < 4.78 is 76.0. The van der Waals surface area contributed by atoms with E-state index in [2.05, 4.69) is 4.74 Å². The molecule has 0 N–H and O–H groups in total. The molecule has 1 saturated heterocycles. The van der Waals surface area contributed by atoms with Crippen LogP contribution in [-0.2, 0) is 25.2 Å². The number of nitrogens with zero attached hydrogens (tertiary/aromatic N) is 1. The lowest BCUT2D eigenvalue weighted by Gasteiger charge is -2.38. The minimum Gasteiger partial charge on any atom is -0.466 e. The number of esters is 1. The molecule has 0 spiro atoms. The van der Waals surface area contributed by atoms with Gasteiger partial charge in [0.05, 0.1) is 19.8 Å². The highest BCUT2D eigenvalue weighted by Crippen LogP contribution is 2.39. The summed E-state index contributed by atoms with van der Waals surface area (Å²) in [4.78, 5) is 37.1. The molecule has 2 atom stereocenters. The molecule has 0 radical (unpaired) electrons. The fourth-order valence-electron chi connectivity index (χ4n) is 3.46. The molecule has 2 rings (SSSR count). The number of ether oxygens (including phenoxy) is 2. The zero-order valence-electron chi connectivity index (χ0n) is 16.2. The zero-order valence-corrected chi connectivity index (χ0v) is 16.2. The molecule has 1 aliphatic rings. The van der Waals surface area contributed by atoms with Crippen LogP contribution in [0.25, 0.3) is 0 Å². The minimum atomic E-state index is -5.24. The van der Waals surface area contributed by atoms with Gasteiger partial charge < -0.3 is 14.4 Å². The molecule has 0 aliphatic carbocycles. The standard InChI is InChI=1S/C19H20F5NO5/c1-3-30-16(27)9-15(26)10-4-5-25(18(28)29-2)14(8-10)11-6-12(20)17(13(21)7-11)19(22,23)24/h6-7,10,14H,3-5,8-9H2,1-2H3/t10-,14+/m0/s1. The molecule has 1 amide bonds. The Kier molecular flexibility index (Phi) is 7.38. The molecule has 0 unspecified atom stereocenters. The lowest BCUT2D eigenvalue weighted by Crippen LogP contribution is -2.43. The summed E-state index contributed by atoms with van der Waals surface area (Å²) in [6, 6.07) is -0.135. The van der Waals surface area contributed by atoms with Gasteiger partial charge in [-0.3, -0.25) is 9.59 Å². The zero-order chi connectivity index (χ0) is 22.6. The fourth-order valence-corrected chi connectivity index (χ4v) is 3.46. The van der Waals surface area contributed by atoms with Crippen molar-refractivity contribution in [1.29, 1.82) is 0 Å². The number of Topliss-reactive ketones (excluding diaryl/α,β-unsaturated/α-hetero) is 1. The lowest BCUT2D eigenvalue weighted by atomic mass is 9.83. The third-order valence-electron chi connectivity index (χ3n) is 4.82. The highest BCUT2D eigenvalue weighted by atomic mass is 19.4. The maximum atomic E-state index is 14.1. The SMILES string of the molecule is CCOC(=O)CC(=O)[C@H]1CCN(C(=O)OC)[C@@H](c2cc(F)c(C(F)(F)F)c(F)c2)C1. The van der Waals surface area contributed by atoms with Crippen LogP contribution in [-0.4, -0.2) is 43.0 Å². The van der Waals surface area contributed by atoms with E-state index in [4.69, 9.17) is 4.74 Å². The van der Waals surface area contributed by atoms with Crippen LogP contribution in [0.5, 0.6) is 0 Å². The van der Waals surface area contributed by atoms with Crippen molar-refractivity contribution in [2.75, 3.05) is 20.3 Å². The first-order valence-corrected chi connectivity index (χ1v) is 9.08. The molecule has 1 aromatic carbocycles. The first-order chi connectivity index (χ1) is 14.0. The number of benzene rings is 1. The van der Waals surface area contributed by atoms with E-state index in [9.17, 15) is 36.3 Å². The Labute approximate surface area is 168 Å². The van der Waals surface area contributed by atoms with Gasteiger partial charge in [-0.25, -0.2) is 13.6 Å². The third kappa shape index (κ3) is 5.25. The van der Waals surface area contributed by atoms with E-state index in [1.165, 1.54) is 0 Å². The molecular formula is C19H20F5NO5. The predicted molar refractivity (Wildman–Crippen MR) is 92.2 cm³/mol. The van der Waals surface area contributed by atoms with Gasteiger partial charge >= 0.3 is 18.2 Å². The van der Waals surface area contributed by atoms with E-state index in [1.807, 2.05) is 0 Å². The van der Waals surface area contributed by atoms with E-state index in [0.717, 1.165) is 12.0 Å². The first-order valence-electron chi connectivity index (χ1n) is 9.08. The number of piperidine rings is 1. The van der Waals surface area contributed by atoms with Crippen LogP contribution < -0.4 is 0 Å². The van der Waals surface area contributed by atoms with Crippen molar-refractivity contribution in [2.45, 2.75) is 38.4 Å². The Bertz CT molecular complexity index is 803. The second kappa shape index (κ2) is 9.40. The topological polar surface area (TPSA) is 72.9 Å². The quantitative estimate of drug-likeness (QED) is 0.395. The third-order valence-corrected chi connectivity index (χ3v) is 4.82. The van der Waals surface area contributed by atoms with Crippen molar-refractivity contribution in [3.63, 3.8) is 0 Å². The number of carbonyl (C=O) groups excluding carboxylic acids is 3. The van der Waals surface area contributed by atoms with Gasteiger partial charge in [-0.15, -0.1) is 0 Å². The Balaban J connectivity index is 2.36. The van der Waals surface area contributed by atoms with E-state index >= 15 is 0 Å². The maximum Gasteiger partial charge on any atom is 0.422 e. The molecule has 1 aliphatic heterocycles. The van der Waals surface area contributed by atoms with Gasteiger partial charge in [0.15, 0.2) is 0 Å². The van der Waals surface area contributed by atoms with Crippen molar-refractivity contribution < 1.29 is 45.8 Å². The number of methoxy groups -OCH3 is 1. The monoisotopic (exact) mass is 437 g/mol. The van der Waals surface area contributed by atoms with E-state index < -0.39 is 59.6 Å². The van der Waals surface area contributed by atoms with E-state index in [1.54, 1.807) is 6.92 Å². The van der Waals surface area contributed by atoms with Gasteiger partial charge in [-0.2, -0.15) is 13.2 Å². The molecule has 0 saturated carbocycles. The van der Waals surface area contributed by atoms with Crippen molar-refractivity contribution >= 4 is 17.8 Å². The number of halogens is 5. The Morgan fingerprint density at radius 3 is 2.27 bits per heavy atom. The second-order valence-corrected chi connectivity index (χ2v) is 6.71. The smallest absolute Gasteiger partial charge is 0.422 e. The number of carbonyl (C=O) groups is 3. The average molecular weight is 437 g/mol. The molecule has 166 valence electrons. The molecule has 1 fully saturated rings. The highest BCUT2D eigenvalue weighted by molar-refractivity contribution is 5.97. The molecular weight excluding hydrogens is 417 g/mol. The summed E-state index contributed by atoms with van der Waals surface area (Å²) in [7, 11) is 1.07. The van der Waals surface area contributed by atoms with Crippen LogP contribution in [0.2, 0.25) is 0 Å². The number of hydrogen-bond acceptors (Lipinski definition) is 5. The number of rotatable bonds is 5. The predicted octanol–water partition coefficient (Wildman–Crippen LogP) is 4.03. The number of alkyl halides is 3. The normalized spacial score (nSPS) is 19.4. The van der Waals surface area contributed by atoms with Gasteiger partial charge in [0.1, 0.15) is 29.4 Å². The van der Waals surface area contributed by atoms with Crippen LogP contribution in [0.4, 0.5) is 26.7 Å². The Morgan fingerprint density at radius 1 is 1.17 bits per heavy atom. The number of likely N-dealkylation sites (tertiary alicyclic amines) is 1. The average Bonchev–Trinajstić information content (AvgIpc) is 2.65. The van der Waals surface area contributed by atoms with Gasteiger partial charge in [-0.05, 0) is 37.5 Å². The molecule has 11 heteroatoms. The Morgan fingerprint density at radius 2 is 1.77 bits per heavy atom. The van der Waals surface area contributed by atoms with E-state index in [0.29, 0.717) is 12.1 Å². The van der Waals surface area contributed by atoms with Gasteiger partial charge in [0.2, 0.25) is 0 Å². The summed E-state index contributed by atoms with van der Waals surface area (Å²) in [5.41, 5.74) is -2.29. The number of amides is 1. The molecule has 1 heterocycles. The molecule has 0 bridgehead atoms. The van der Waals surface area contributed by atoms with Gasteiger partial charge in [0, 0.05) is 12.5 Å². The Hall–Kier alpha value is -2.72. The largest absolute Gasteiger partial charge is 0.466 e. The van der Waals surface area contributed by atoms with Gasteiger partial charge in [-0.1, -0.05) is 0 Å². The van der Waals surface area contributed by atoms with Crippen molar-refractivity contribution in [3.05, 3.63) is 34.9 Å². The van der Waals surface area contributed by atoms with Crippen LogP contribution in [0.1, 0.15) is 43.4 Å². The first kappa shape index (κ1) is 23.6. The van der Waals surface area contributed by atoms with Crippen molar-refractivity contribution in [1.82, 2.24) is 4.90 Å². The van der Waals surface area contributed by atoms with E-state index in [-0.39, 0.29) is 31.6 Å². The van der Waals surface area contributed by atoms with Crippen molar-refractivity contribution in [3.8, 4) is 0 Å². The number of ketones is 1. The summed E-state index contributed by atoms with van der Waals surface area (Å²) in [6.07, 6.45) is -6.61. The lowest BCUT2D eigenvalue weighted by molar-refractivity contribution is -0.147. The van der Waals surface area contributed by atoms with Crippen molar-refractivity contribution in [2.24, 2.45) is 5.92 Å². The molecule has 0 aromatic heterocycles. The van der Waals surface area contributed by atoms with Crippen LogP contribution >= 0.6 is 0 Å². The summed E-state index contributed by atoms with van der Waals surface area (Å²) in [5.74, 6) is -5.64. The molecule has 6 nitrogen and oxygen atoms in total. The summed E-state index contributed by atoms with van der Waals surface area (Å²) >= 11 is 0. The summed E-state index contributed by atoms with van der Waals surface area (Å²) in [5, 5.41) is 0. The fraction of sp³-hybridized carbons (Fsp3) is 0.526. The van der Waals surface area contributed by atoms with Crippen LogP contribution in [0.15, 0.2) is 12.1 Å². The second-order valence-electron chi connectivity index (χ2n) is 6.71. The van der Waals surface area contributed by atoms with Crippen LogP contribution in [0, 0.1) is 17.6 Å². The minimum absolute atomic E-state index is 0.0547. The number of hydrogen-bond donors (Lipinski definition) is 0. The molecule has 30 heavy (non-hydrogen) atoms. The summed E-state index contributed by atoms with van der Waals surface area (Å²) in [6.45, 7) is 1.60.